The molecule has 3 N–H and O–H groups in total. The molecule has 2 atom stereocenters. The number of ether oxygens (including phenoxy) is 3. The largest absolute Gasteiger partial charge is 0.504 e. The lowest BCUT2D eigenvalue weighted by atomic mass is 9.90. The number of aliphatic carboxylic acids is 1. The van der Waals surface area contributed by atoms with E-state index >= 15 is 0 Å². The van der Waals surface area contributed by atoms with Crippen molar-refractivity contribution in [2.45, 2.75) is 12.0 Å². The molecule has 2 unspecified atom stereocenters. The van der Waals surface area contributed by atoms with Gasteiger partial charge in [0.2, 0.25) is 0 Å². The molecule has 0 radical (unpaired) electrons. The van der Waals surface area contributed by atoms with Gasteiger partial charge in [-0.05, 0) is 41.5 Å². The van der Waals surface area contributed by atoms with Crippen LogP contribution in [0.1, 0.15) is 28.7 Å². The van der Waals surface area contributed by atoms with Gasteiger partial charge >= 0.3 is 5.97 Å². The van der Waals surface area contributed by atoms with Gasteiger partial charge in [0.1, 0.15) is 6.10 Å². The molecule has 0 bridgehead atoms. The van der Waals surface area contributed by atoms with E-state index in [9.17, 15) is 15.0 Å². The minimum atomic E-state index is -1.09. The molecular weight excluding hydrogens is 352 g/mol. The van der Waals surface area contributed by atoms with E-state index in [1.165, 1.54) is 19.3 Å². The van der Waals surface area contributed by atoms with E-state index in [1.54, 1.807) is 25.3 Å². The summed E-state index contributed by atoms with van der Waals surface area (Å²) in [6, 6.07) is 8.44. The van der Waals surface area contributed by atoms with Crippen LogP contribution in [0.25, 0.3) is 6.08 Å². The SMILES string of the molecule is COc1ccc(C2Oc3c(O)cc(C=CC(=O)O)cc3C2CO)cc1OC. The molecule has 2 aromatic carbocycles. The lowest BCUT2D eigenvalue weighted by Gasteiger charge is -2.19. The number of aromatic hydroxyl groups is 1. The summed E-state index contributed by atoms with van der Waals surface area (Å²) in [6.45, 7) is -0.211. The molecule has 142 valence electrons. The highest BCUT2D eigenvalue weighted by Gasteiger charge is 2.37. The number of carboxylic acid groups (broad SMARTS) is 1. The molecule has 7 heteroatoms. The number of carbonyl (C=O) groups is 1. The van der Waals surface area contributed by atoms with Crippen LogP contribution in [0.5, 0.6) is 23.0 Å². The van der Waals surface area contributed by atoms with Crippen molar-refractivity contribution in [1.82, 2.24) is 0 Å². The van der Waals surface area contributed by atoms with E-state index in [-0.39, 0.29) is 18.1 Å². The molecule has 0 spiro atoms. The molecule has 0 fully saturated rings. The molecule has 7 nitrogen and oxygen atoms in total. The molecular formula is C20H20O7. The average molecular weight is 372 g/mol. The van der Waals surface area contributed by atoms with Gasteiger partial charge in [-0.1, -0.05) is 6.07 Å². The minimum absolute atomic E-state index is 0.112. The van der Waals surface area contributed by atoms with Crippen LogP contribution >= 0.6 is 0 Å². The van der Waals surface area contributed by atoms with Crippen LogP contribution < -0.4 is 14.2 Å². The Morgan fingerprint density at radius 2 is 1.93 bits per heavy atom. The zero-order chi connectivity index (χ0) is 19.6. The predicted octanol–water partition coefficient (Wildman–Crippen LogP) is 2.72. The van der Waals surface area contributed by atoms with Gasteiger partial charge < -0.3 is 29.5 Å². The summed E-state index contributed by atoms with van der Waals surface area (Å²) < 4.78 is 16.5. The molecule has 0 aromatic heterocycles. The number of aliphatic hydroxyl groups is 1. The number of hydrogen-bond donors (Lipinski definition) is 3. The smallest absolute Gasteiger partial charge is 0.328 e. The van der Waals surface area contributed by atoms with Crippen LogP contribution in [-0.4, -0.2) is 42.1 Å². The van der Waals surface area contributed by atoms with E-state index in [2.05, 4.69) is 0 Å². The Balaban J connectivity index is 2.00. The van der Waals surface area contributed by atoms with Crippen molar-refractivity contribution in [3.8, 4) is 23.0 Å². The number of phenolic OH excluding ortho intramolecular Hbond substituents is 1. The number of aliphatic hydroxyl groups excluding tert-OH is 1. The highest BCUT2D eigenvalue weighted by Crippen LogP contribution is 2.51. The van der Waals surface area contributed by atoms with Crippen LogP contribution in [-0.2, 0) is 4.79 Å². The van der Waals surface area contributed by atoms with E-state index in [0.29, 0.717) is 22.6 Å². The normalized spacial score (nSPS) is 18.2. The fraction of sp³-hybridized carbons (Fsp3) is 0.250. The number of rotatable bonds is 6. The van der Waals surface area contributed by atoms with Crippen molar-refractivity contribution >= 4 is 12.0 Å². The average Bonchev–Trinajstić information content (AvgIpc) is 3.04. The first-order chi connectivity index (χ1) is 13.0. The zero-order valence-electron chi connectivity index (χ0n) is 14.9. The summed E-state index contributed by atoms with van der Waals surface area (Å²) in [5, 5.41) is 29.0. The Labute approximate surface area is 156 Å². The molecule has 3 rings (SSSR count). The van der Waals surface area contributed by atoms with Crippen molar-refractivity contribution in [3.05, 3.63) is 53.1 Å². The number of methoxy groups -OCH3 is 2. The van der Waals surface area contributed by atoms with E-state index in [1.807, 2.05) is 6.07 Å². The fourth-order valence-electron chi connectivity index (χ4n) is 3.22. The van der Waals surface area contributed by atoms with Gasteiger partial charge in [-0.3, -0.25) is 0 Å². The molecule has 2 aromatic rings. The second-order valence-electron chi connectivity index (χ2n) is 6.07. The maximum atomic E-state index is 10.7. The summed E-state index contributed by atoms with van der Waals surface area (Å²) in [5.41, 5.74) is 1.87. The maximum absolute atomic E-state index is 10.7. The highest BCUT2D eigenvalue weighted by atomic mass is 16.5. The monoisotopic (exact) mass is 372 g/mol. The van der Waals surface area contributed by atoms with E-state index in [4.69, 9.17) is 19.3 Å². The molecule has 1 aliphatic heterocycles. The lowest BCUT2D eigenvalue weighted by molar-refractivity contribution is -0.131. The van der Waals surface area contributed by atoms with Crippen molar-refractivity contribution in [3.63, 3.8) is 0 Å². The highest BCUT2D eigenvalue weighted by molar-refractivity contribution is 5.85. The molecule has 1 heterocycles. The summed E-state index contributed by atoms with van der Waals surface area (Å²) in [7, 11) is 3.07. The summed E-state index contributed by atoms with van der Waals surface area (Å²) in [5.74, 6) is -0.252. The number of benzene rings is 2. The summed E-state index contributed by atoms with van der Waals surface area (Å²) in [4.78, 5) is 10.7. The Kier molecular flexibility index (Phi) is 5.23. The van der Waals surface area contributed by atoms with E-state index < -0.39 is 18.0 Å². The molecule has 0 amide bonds. The van der Waals surface area contributed by atoms with Gasteiger partial charge in [0.15, 0.2) is 23.0 Å². The third kappa shape index (κ3) is 3.54. The molecule has 0 saturated carbocycles. The Morgan fingerprint density at radius 1 is 1.19 bits per heavy atom. The topological polar surface area (TPSA) is 105 Å². The second kappa shape index (κ2) is 7.59. The molecule has 27 heavy (non-hydrogen) atoms. The number of carboxylic acids is 1. The Morgan fingerprint density at radius 3 is 2.56 bits per heavy atom. The van der Waals surface area contributed by atoms with Gasteiger partial charge in [0.05, 0.1) is 26.7 Å². The summed E-state index contributed by atoms with van der Waals surface area (Å²) >= 11 is 0. The fourth-order valence-corrected chi connectivity index (χ4v) is 3.22. The third-order valence-corrected chi connectivity index (χ3v) is 4.48. The molecule has 1 aliphatic rings. The van der Waals surface area contributed by atoms with Crippen LogP contribution in [0.2, 0.25) is 0 Å². The van der Waals surface area contributed by atoms with Gasteiger partial charge in [-0.2, -0.15) is 0 Å². The van der Waals surface area contributed by atoms with E-state index in [0.717, 1.165) is 11.6 Å². The van der Waals surface area contributed by atoms with Crippen molar-refractivity contribution in [2.75, 3.05) is 20.8 Å². The first-order valence-corrected chi connectivity index (χ1v) is 8.25. The predicted molar refractivity (Wildman–Crippen MR) is 97.5 cm³/mol. The Hall–Kier alpha value is -3.19. The minimum Gasteiger partial charge on any atom is -0.504 e. The van der Waals surface area contributed by atoms with Gasteiger partial charge in [0, 0.05) is 11.6 Å². The summed E-state index contributed by atoms with van der Waals surface area (Å²) in [6.07, 6.45) is 1.83. The number of phenols is 1. The third-order valence-electron chi connectivity index (χ3n) is 4.48. The van der Waals surface area contributed by atoms with Crippen molar-refractivity contribution in [1.29, 1.82) is 0 Å². The first kappa shape index (κ1) is 18.6. The molecule has 0 aliphatic carbocycles. The van der Waals surface area contributed by atoms with Crippen LogP contribution in [0.4, 0.5) is 0 Å². The molecule has 0 saturated heterocycles. The number of hydrogen-bond acceptors (Lipinski definition) is 6. The van der Waals surface area contributed by atoms with Crippen LogP contribution in [0.15, 0.2) is 36.4 Å². The van der Waals surface area contributed by atoms with Crippen molar-refractivity contribution in [2.24, 2.45) is 0 Å². The first-order valence-electron chi connectivity index (χ1n) is 8.25. The quantitative estimate of drug-likeness (QED) is 0.670. The van der Waals surface area contributed by atoms with Gasteiger partial charge in [-0.25, -0.2) is 4.79 Å². The standard InChI is InChI=1S/C20H20O7/c1-25-16-5-4-12(9-17(16)26-2)19-14(10-21)13-7-11(3-6-18(23)24)8-15(22)20(13)27-19/h3-9,14,19,21-22H,10H2,1-2H3,(H,23,24). The van der Waals surface area contributed by atoms with Gasteiger partial charge in [-0.15, -0.1) is 0 Å². The maximum Gasteiger partial charge on any atom is 0.328 e. The zero-order valence-corrected chi connectivity index (χ0v) is 14.9. The van der Waals surface area contributed by atoms with Crippen molar-refractivity contribution < 1.29 is 34.3 Å². The van der Waals surface area contributed by atoms with Crippen LogP contribution in [0, 0.1) is 0 Å². The second-order valence-corrected chi connectivity index (χ2v) is 6.07. The lowest BCUT2D eigenvalue weighted by Crippen LogP contribution is -2.13. The van der Waals surface area contributed by atoms with Gasteiger partial charge in [0.25, 0.3) is 0 Å². The van der Waals surface area contributed by atoms with Crippen LogP contribution in [0.3, 0.4) is 0 Å². The number of fused-ring (bicyclic) bond motifs is 1. The Bertz CT molecular complexity index is 888.